The molecule has 1 fully saturated rings. The topological polar surface area (TPSA) is 61.4 Å². The lowest BCUT2D eigenvalue weighted by Gasteiger charge is -2.25. The maximum atomic E-state index is 11.0. The second-order valence-corrected chi connectivity index (χ2v) is 5.14. The molecule has 0 aromatic carbocycles. The van der Waals surface area contributed by atoms with Gasteiger partial charge in [0.1, 0.15) is 6.04 Å². The van der Waals surface area contributed by atoms with Crippen LogP contribution in [0.5, 0.6) is 0 Å². The standard InChI is InChI=1S/C12H24N2O2/c1-9(2)6-11(12(15)16)14-8-10-4-3-5-13-7-10/h9-11,13-14H,3-8H2,1-2H3,(H,15,16). The average Bonchev–Trinajstić information content (AvgIpc) is 2.25. The lowest BCUT2D eigenvalue weighted by molar-refractivity contribution is -0.140. The summed E-state index contributed by atoms with van der Waals surface area (Å²) in [5.74, 6) is 0.276. The van der Waals surface area contributed by atoms with Gasteiger partial charge in [-0.3, -0.25) is 4.79 Å². The third kappa shape index (κ3) is 4.94. The second kappa shape index (κ2) is 6.86. The molecule has 1 rings (SSSR count). The van der Waals surface area contributed by atoms with Crippen molar-refractivity contribution in [2.24, 2.45) is 11.8 Å². The Kier molecular flexibility index (Phi) is 5.77. The third-order valence-electron chi connectivity index (χ3n) is 3.06. The Bertz CT molecular complexity index is 213. The van der Waals surface area contributed by atoms with Crippen molar-refractivity contribution >= 4 is 5.97 Å². The predicted molar refractivity (Wildman–Crippen MR) is 64.5 cm³/mol. The van der Waals surface area contributed by atoms with Gasteiger partial charge in [0.15, 0.2) is 0 Å². The molecule has 0 aromatic heterocycles. The highest BCUT2D eigenvalue weighted by Crippen LogP contribution is 2.10. The summed E-state index contributed by atoms with van der Waals surface area (Å²) in [6, 6.07) is -0.387. The Morgan fingerprint density at radius 3 is 2.81 bits per heavy atom. The summed E-state index contributed by atoms with van der Waals surface area (Å²) in [5, 5.41) is 15.6. The molecule has 0 saturated carbocycles. The normalized spacial score (nSPS) is 23.3. The van der Waals surface area contributed by atoms with E-state index in [-0.39, 0.29) is 6.04 Å². The number of nitrogens with one attached hydrogen (secondary N) is 2. The zero-order valence-corrected chi connectivity index (χ0v) is 10.3. The molecule has 1 aliphatic rings. The van der Waals surface area contributed by atoms with Crippen LogP contribution in [0.1, 0.15) is 33.1 Å². The number of hydrogen-bond acceptors (Lipinski definition) is 3. The molecule has 4 heteroatoms. The lowest BCUT2D eigenvalue weighted by atomic mass is 9.98. The Morgan fingerprint density at radius 1 is 1.56 bits per heavy atom. The van der Waals surface area contributed by atoms with E-state index in [0.29, 0.717) is 18.3 Å². The first-order valence-corrected chi connectivity index (χ1v) is 6.26. The molecule has 3 N–H and O–H groups in total. The first kappa shape index (κ1) is 13.5. The summed E-state index contributed by atoms with van der Waals surface area (Å²) in [6.45, 7) is 7.04. The quantitative estimate of drug-likeness (QED) is 0.636. The molecule has 2 unspecified atom stereocenters. The minimum absolute atomic E-state index is 0.387. The molecule has 16 heavy (non-hydrogen) atoms. The van der Waals surface area contributed by atoms with Gasteiger partial charge in [-0.05, 0) is 50.7 Å². The minimum atomic E-state index is -0.725. The SMILES string of the molecule is CC(C)CC(NCC1CCCNC1)C(=O)O. The Hall–Kier alpha value is -0.610. The van der Waals surface area contributed by atoms with Crippen molar-refractivity contribution < 1.29 is 9.90 Å². The highest BCUT2D eigenvalue weighted by Gasteiger charge is 2.20. The number of rotatable bonds is 6. The molecular formula is C12H24N2O2. The van der Waals surface area contributed by atoms with Crippen LogP contribution in [0.25, 0.3) is 0 Å². The van der Waals surface area contributed by atoms with Gasteiger partial charge in [-0.1, -0.05) is 13.8 Å². The predicted octanol–water partition coefficient (Wildman–Crippen LogP) is 1.07. The van der Waals surface area contributed by atoms with Crippen LogP contribution < -0.4 is 10.6 Å². The van der Waals surface area contributed by atoms with Crippen LogP contribution in [0.3, 0.4) is 0 Å². The van der Waals surface area contributed by atoms with Gasteiger partial charge in [-0.25, -0.2) is 0 Å². The summed E-state index contributed by atoms with van der Waals surface area (Å²) < 4.78 is 0. The van der Waals surface area contributed by atoms with Gasteiger partial charge in [0.05, 0.1) is 0 Å². The van der Waals surface area contributed by atoms with Crippen molar-refractivity contribution in [1.82, 2.24) is 10.6 Å². The highest BCUT2D eigenvalue weighted by atomic mass is 16.4. The van der Waals surface area contributed by atoms with E-state index in [9.17, 15) is 4.79 Å². The largest absolute Gasteiger partial charge is 0.480 e. The zero-order chi connectivity index (χ0) is 12.0. The number of hydrogen-bond donors (Lipinski definition) is 3. The number of carboxylic acid groups (broad SMARTS) is 1. The Labute approximate surface area is 97.8 Å². The van der Waals surface area contributed by atoms with E-state index >= 15 is 0 Å². The maximum absolute atomic E-state index is 11.0. The fourth-order valence-corrected chi connectivity index (χ4v) is 2.15. The van der Waals surface area contributed by atoms with E-state index in [1.807, 2.05) is 0 Å². The summed E-state index contributed by atoms with van der Waals surface area (Å²) in [4.78, 5) is 11.0. The van der Waals surface area contributed by atoms with Gasteiger partial charge in [-0.15, -0.1) is 0 Å². The minimum Gasteiger partial charge on any atom is -0.480 e. The van der Waals surface area contributed by atoms with Crippen LogP contribution >= 0.6 is 0 Å². The van der Waals surface area contributed by atoms with Crippen LogP contribution in [0.4, 0.5) is 0 Å². The van der Waals surface area contributed by atoms with Crippen LogP contribution in [0.2, 0.25) is 0 Å². The molecule has 0 radical (unpaired) electrons. The maximum Gasteiger partial charge on any atom is 0.320 e. The smallest absolute Gasteiger partial charge is 0.320 e. The van der Waals surface area contributed by atoms with Crippen LogP contribution in [-0.4, -0.2) is 36.8 Å². The first-order chi connectivity index (χ1) is 7.59. The van der Waals surface area contributed by atoms with Gasteiger partial charge in [0.25, 0.3) is 0 Å². The molecule has 0 bridgehead atoms. The van der Waals surface area contributed by atoms with Crippen molar-refractivity contribution in [3.63, 3.8) is 0 Å². The van der Waals surface area contributed by atoms with E-state index in [1.165, 1.54) is 12.8 Å². The molecule has 0 spiro atoms. The molecule has 0 aliphatic carbocycles. The number of carbonyl (C=O) groups is 1. The fourth-order valence-electron chi connectivity index (χ4n) is 2.15. The molecule has 4 nitrogen and oxygen atoms in total. The lowest BCUT2D eigenvalue weighted by Crippen LogP contribution is -2.43. The van der Waals surface area contributed by atoms with Crippen LogP contribution in [-0.2, 0) is 4.79 Å². The summed E-state index contributed by atoms with van der Waals surface area (Å²) in [7, 11) is 0. The Balaban J connectivity index is 2.28. The molecular weight excluding hydrogens is 204 g/mol. The van der Waals surface area contributed by atoms with Crippen molar-refractivity contribution in [2.45, 2.75) is 39.2 Å². The zero-order valence-electron chi connectivity index (χ0n) is 10.3. The van der Waals surface area contributed by atoms with Gasteiger partial charge >= 0.3 is 5.97 Å². The van der Waals surface area contributed by atoms with Gasteiger partial charge < -0.3 is 15.7 Å². The second-order valence-electron chi connectivity index (χ2n) is 5.14. The molecule has 0 amide bonds. The van der Waals surface area contributed by atoms with Crippen molar-refractivity contribution in [1.29, 1.82) is 0 Å². The highest BCUT2D eigenvalue weighted by molar-refractivity contribution is 5.73. The molecule has 2 atom stereocenters. The monoisotopic (exact) mass is 228 g/mol. The summed E-state index contributed by atoms with van der Waals surface area (Å²) in [6.07, 6.45) is 3.11. The van der Waals surface area contributed by atoms with E-state index in [0.717, 1.165) is 19.6 Å². The van der Waals surface area contributed by atoms with E-state index in [4.69, 9.17) is 5.11 Å². The first-order valence-electron chi connectivity index (χ1n) is 6.26. The summed E-state index contributed by atoms with van der Waals surface area (Å²) >= 11 is 0. The number of aliphatic carboxylic acids is 1. The number of piperidine rings is 1. The van der Waals surface area contributed by atoms with Crippen LogP contribution in [0.15, 0.2) is 0 Å². The van der Waals surface area contributed by atoms with E-state index < -0.39 is 5.97 Å². The molecule has 0 aromatic rings. The molecule has 1 aliphatic heterocycles. The average molecular weight is 228 g/mol. The van der Waals surface area contributed by atoms with Gasteiger partial charge in [0, 0.05) is 0 Å². The van der Waals surface area contributed by atoms with Crippen LogP contribution in [0, 0.1) is 11.8 Å². The van der Waals surface area contributed by atoms with E-state index in [1.54, 1.807) is 0 Å². The molecule has 1 heterocycles. The van der Waals surface area contributed by atoms with E-state index in [2.05, 4.69) is 24.5 Å². The van der Waals surface area contributed by atoms with Crippen molar-refractivity contribution in [3.05, 3.63) is 0 Å². The number of carboxylic acids is 1. The third-order valence-corrected chi connectivity index (χ3v) is 3.06. The molecule has 1 saturated heterocycles. The Morgan fingerprint density at radius 2 is 2.31 bits per heavy atom. The fraction of sp³-hybridized carbons (Fsp3) is 0.917. The van der Waals surface area contributed by atoms with Crippen molar-refractivity contribution in [3.8, 4) is 0 Å². The van der Waals surface area contributed by atoms with Gasteiger partial charge in [-0.2, -0.15) is 0 Å². The molecule has 94 valence electrons. The summed E-state index contributed by atoms with van der Waals surface area (Å²) in [5.41, 5.74) is 0. The van der Waals surface area contributed by atoms with Crippen molar-refractivity contribution in [2.75, 3.05) is 19.6 Å². The van der Waals surface area contributed by atoms with Gasteiger partial charge in [0.2, 0.25) is 0 Å².